The van der Waals surface area contributed by atoms with Gasteiger partial charge in [0.05, 0.1) is 6.04 Å². The first-order valence-corrected chi connectivity index (χ1v) is 11.7. The summed E-state index contributed by atoms with van der Waals surface area (Å²) in [7, 11) is 0. The molecule has 0 unspecified atom stereocenters. The Labute approximate surface area is 207 Å². The normalized spacial score (nSPS) is 17.5. The van der Waals surface area contributed by atoms with Crippen LogP contribution in [0.25, 0.3) is 0 Å². The Balaban J connectivity index is 1.13. The SMILES string of the molecule is Cc1cnc(Nc2ccc3c(c2)[C@H]2NC(=O)O[C@H]2C3)nc1Nc1ccc(OCc2cccnc2)cc1. The van der Waals surface area contributed by atoms with Crippen molar-refractivity contribution in [1.29, 1.82) is 0 Å². The third-order valence-corrected chi connectivity index (χ3v) is 6.28. The van der Waals surface area contributed by atoms with Gasteiger partial charge in [-0.2, -0.15) is 4.98 Å². The van der Waals surface area contributed by atoms with Crippen LogP contribution in [0.15, 0.2) is 73.2 Å². The number of anilines is 4. The van der Waals surface area contributed by atoms with E-state index in [-0.39, 0.29) is 18.2 Å². The molecule has 2 aliphatic rings. The molecular weight excluding hydrogens is 456 g/mol. The number of ether oxygens (including phenoxy) is 2. The van der Waals surface area contributed by atoms with E-state index in [4.69, 9.17) is 9.47 Å². The molecule has 0 radical (unpaired) electrons. The molecule has 180 valence electrons. The van der Waals surface area contributed by atoms with E-state index in [1.807, 2.05) is 55.5 Å². The first kappa shape index (κ1) is 21.8. The molecule has 0 bridgehead atoms. The molecule has 4 aromatic rings. The summed E-state index contributed by atoms with van der Waals surface area (Å²) in [6.45, 7) is 2.42. The first-order chi connectivity index (χ1) is 17.6. The van der Waals surface area contributed by atoms with E-state index in [1.54, 1.807) is 18.6 Å². The third kappa shape index (κ3) is 4.50. The van der Waals surface area contributed by atoms with E-state index >= 15 is 0 Å². The molecule has 1 aliphatic carbocycles. The van der Waals surface area contributed by atoms with Crippen LogP contribution in [-0.2, 0) is 17.8 Å². The molecule has 1 fully saturated rings. The van der Waals surface area contributed by atoms with Gasteiger partial charge >= 0.3 is 6.09 Å². The molecule has 2 aromatic heterocycles. The van der Waals surface area contributed by atoms with Crippen LogP contribution in [0.1, 0.15) is 28.3 Å². The number of rotatable bonds is 7. The van der Waals surface area contributed by atoms with Gasteiger partial charge in [0.2, 0.25) is 5.95 Å². The summed E-state index contributed by atoms with van der Waals surface area (Å²) in [5.74, 6) is 1.95. The van der Waals surface area contributed by atoms with Crippen LogP contribution in [0.5, 0.6) is 5.75 Å². The van der Waals surface area contributed by atoms with Crippen LogP contribution in [0, 0.1) is 6.92 Å². The zero-order valence-corrected chi connectivity index (χ0v) is 19.6. The van der Waals surface area contributed by atoms with Gasteiger partial charge in [-0.1, -0.05) is 12.1 Å². The van der Waals surface area contributed by atoms with Crippen molar-refractivity contribution in [3.05, 3.63) is 95.4 Å². The van der Waals surface area contributed by atoms with Gasteiger partial charge in [-0.15, -0.1) is 0 Å². The minimum Gasteiger partial charge on any atom is -0.489 e. The fourth-order valence-corrected chi connectivity index (χ4v) is 4.44. The Morgan fingerprint density at radius 1 is 1.08 bits per heavy atom. The maximum atomic E-state index is 11.6. The van der Waals surface area contributed by atoms with Crippen LogP contribution in [0.4, 0.5) is 27.9 Å². The van der Waals surface area contributed by atoms with Gasteiger partial charge in [0.15, 0.2) is 0 Å². The quantitative estimate of drug-likeness (QED) is 0.341. The highest BCUT2D eigenvalue weighted by molar-refractivity contribution is 5.72. The van der Waals surface area contributed by atoms with Crippen molar-refractivity contribution in [2.45, 2.75) is 32.1 Å². The highest BCUT2D eigenvalue weighted by Crippen LogP contribution is 2.38. The van der Waals surface area contributed by atoms with Crippen LogP contribution < -0.4 is 20.7 Å². The van der Waals surface area contributed by atoms with Crippen LogP contribution in [0.2, 0.25) is 0 Å². The summed E-state index contributed by atoms with van der Waals surface area (Å²) in [4.78, 5) is 24.8. The van der Waals surface area contributed by atoms with Crippen molar-refractivity contribution < 1.29 is 14.3 Å². The summed E-state index contributed by atoms with van der Waals surface area (Å²) in [5, 5.41) is 9.52. The van der Waals surface area contributed by atoms with E-state index in [0.717, 1.165) is 40.2 Å². The average Bonchev–Trinajstić information content (AvgIpc) is 3.42. The Hall–Kier alpha value is -4.66. The fourth-order valence-electron chi connectivity index (χ4n) is 4.44. The fraction of sp³-hybridized carbons (Fsp3) is 0.185. The monoisotopic (exact) mass is 480 g/mol. The summed E-state index contributed by atoms with van der Waals surface area (Å²) in [6.07, 6.45) is 5.53. The molecule has 2 aromatic carbocycles. The van der Waals surface area contributed by atoms with E-state index in [2.05, 4.69) is 37.0 Å². The van der Waals surface area contributed by atoms with Gasteiger partial charge in [0, 0.05) is 47.5 Å². The number of carbonyl (C=O) groups excluding carboxylic acids is 1. The summed E-state index contributed by atoms with van der Waals surface area (Å²) in [6, 6.07) is 17.5. The minimum atomic E-state index is -0.361. The number of aromatic nitrogens is 3. The highest BCUT2D eigenvalue weighted by atomic mass is 16.6. The average molecular weight is 481 g/mol. The minimum absolute atomic E-state index is 0.110. The maximum absolute atomic E-state index is 11.6. The number of hydrogen-bond donors (Lipinski definition) is 3. The smallest absolute Gasteiger partial charge is 0.408 e. The molecule has 36 heavy (non-hydrogen) atoms. The van der Waals surface area contributed by atoms with Gasteiger partial charge in [-0.05, 0) is 60.5 Å². The van der Waals surface area contributed by atoms with Crippen molar-refractivity contribution in [2.24, 2.45) is 0 Å². The largest absolute Gasteiger partial charge is 0.489 e. The number of benzene rings is 2. The van der Waals surface area contributed by atoms with Gasteiger partial charge in [-0.3, -0.25) is 4.98 Å². The molecule has 0 saturated carbocycles. The number of alkyl carbamates (subject to hydrolysis) is 1. The third-order valence-electron chi connectivity index (χ3n) is 6.28. The number of nitrogens with one attached hydrogen (secondary N) is 3. The molecule has 3 N–H and O–H groups in total. The second kappa shape index (κ2) is 9.18. The van der Waals surface area contributed by atoms with Crippen LogP contribution in [0.3, 0.4) is 0 Å². The lowest BCUT2D eigenvalue weighted by molar-refractivity contribution is 0.136. The zero-order chi connectivity index (χ0) is 24.5. The number of amides is 1. The van der Waals surface area contributed by atoms with Gasteiger partial charge in [0.1, 0.15) is 24.3 Å². The Morgan fingerprint density at radius 2 is 1.94 bits per heavy atom. The van der Waals surface area contributed by atoms with Gasteiger partial charge < -0.3 is 25.4 Å². The van der Waals surface area contributed by atoms with Gasteiger partial charge in [0.25, 0.3) is 0 Å². The van der Waals surface area contributed by atoms with Crippen LogP contribution >= 0.6 is 0 Å². The molecule has 0 spiro atoms. The Kier molecular flexibility index (Phi) is 5.57. The van der Waals surface area contributed by atoms with E-state index < -0.39 is 0 Å². The summed E-state index contributed by atoms with van der Waals surface area (Å²) < 4.78 is 11.2. The number of carbonyl (C=O) groups is 1. The maximum Gasteiger partial charge on any atom is 0.408 e. The molecule has 9 nitrogen and oxygen atoms in total. The first-order valence-electron chi connectivity index (χ1n) is 11.7. The van der Waals surface area contributed by atoms with E-state index in [9.17, 15) is 4.79 Å². The molecule has 1 saturated heterocycles. The summed E-state index contributed by atoms with van der Waals surface area (Å²) in [5.41, 5.74) is 5.90. The lowest BCUT2D eigenvalue weighted by atomic mass is 10.1. The van der Waals surface area contributed by atoms with Crippen molar-refractivity contribution in [3.63, 3.8) is 0 Å². The lowest BCUT2D eigenvalue weighted by Crippen LogP contribution is -2.18. The molecular formula is C27H24N6O3. The molecule has 1 amide bonds. The molecule has 6 rings (SSSR count). The summed E-state index contributed by atoms with van der Waals surface area (Å²) >= 11 is 0. The molecule has 1 aliphatic heterocycles. The Morgan fingerprint density at radius 3 is 2.78 bits per heavy atom. The number of nitrogens with zero attached hydrogens (tertiary/aromatic N) is 3. The van der Waals surface area contributed by atoms with E-state index in [0.29, 0.717) is 18.4 Å². The second-order valence-corrected chi connectivity index (χ2v) is 8.83. The van der Waals surface area contributed by atoms with Crippen LogP contribution in [-0.4, -0.2) is 27.1 Å². The number of pyridine rings is 1. The lowest BCUT2D eigenvalue weighted by Gasteiger charge is -2.13. The van der Waals surface area contributed by atoms with E-state index in [1.165, 1.54) is 5.56 Å². The second-order valence-electron chi connectivity index (χ2n) is 8.83. The van der Waals surface area contributed by atoms with Gasteiger partial charge in [-0.25, -0.2) is 9.78 Å². The van der Waals surface area contributed by atoms with Crippen molar-refractivity contribution in [3.8, 4) is 5.75 Å². The molecule has 3 heterocycles. The highest BCUT2D eigenvalue weighted by Gasteiger charge is 2.41. The van der Waals surface area contributed by atoms with Crippen molar-refractivity contribution in [2.75, 3.05) is 10.6 Å². The zero-order valence-electron chi connectivity index (χ0n) is 19.6. The topological polar surface area (TPSA) is 110 Å². The standard InChI is InChI=1S/C27H24N6O3/c1-16-13-29-26(31-20-5-4-18-11-23-24(22(18)12-20)32-27(34)36-23)33-25(16)30-19-6-8-21(9-7-19)35-15-17-3-2-10-28-14-17/h2-10,12-14,23-24H,11,15H2,1H3,(H,32,34)(H2,29,30,31,33)/t23-,24+/m0/s1. The number of aryl methyl sites for hydroxylation is 1. The predicted octanol–water partition coefficient (Wildman–Crippen LogP) is 4.95. The van der Waals surface area contributed by atoms with Crippen molar-refractivity contribution >= 4 is 29.2 Å². The number of fused-ring (bicyclic) bond motifs is 3. The predicted molar refractivity (Wildman–Crippen MR) is 135 cm³/mol. The van der Waals surface area contributed by atoms with Crippen molar-refractivity contribution in [1.82, 2.24) is 20.3 Å². The number of hydrogen-bond acceptors (Lipinski definition) is 8. The molecule has 9 heteroatoms. The molecule has 2 atom stereocenters. The Bertz CT molecular complexity index is 1410.